The molecule has 24 heavy (non-hydrogen) atoms. The van der Waals surface area contributed by atoms with Crippen LogP contribution >= 0.6 is 11.6 Å². The molecule has 0 aromatic heterocycles. The van der Waals surface area contributed by atoms with Gasteiger partial charge in [0.25, 0.3) is 0 Å². The van der Waals surface area contributed by atoms with Crippen molar-refractivity contribution in [2.75, 3.05) is 4.90 Å². The fraction of sp³-hybridized carbons (Fsp3) is 0.300. The van der Waals surface area contributed by atoms with E-state index in [0.717, 1.165) is 19.3 Å². The third-order valence-electron chi connectivity index (χ3n) is 5.29. The fourth-order valence-corrected chi connectivity index (χ4v) is 4.30. The molecule has 2 fully saturated rings. The van der Waals surface area contributed by atoms with Crippen molar-refractivity contribution < 1.29 is 9.59 Å². The number of para-hydroxylation sites is 1. The summed E-state index contributed by atoms with van der Waals surface area (Å²) < 4.78 is 0. The van der Waals surface area contributed by atoms with Crippen LogP contribution < -0.4 is 4.90 Å². The Bertz CT molecular complexity index is 789. The summed E-state index contributed by atoms with van der Waals surface area (Å²) in [5.41, 5.74) is 1.77. The van der Waals surface area contributed by atoms with Crippen molar-refractivity contribution in [2.45, 2.75) is 25.2 Å². The van der Waals surface area contributed by atoms with Crippen LogP contribution in [0.4, 0.5) is 5.69 Å². The van der Waals surface area contributed by atoms with Gasteiger partial charge in [-0.1, -0.05) is 54.1 Å². The first kappa shape index (κ1) is 15.4. The molecule has 0 bridgehead atoms. The lowest BCUT2D eigenvalue weighted by molar-refractivity contribution is -0.122. The van der Waals surface area contributed by atoms with E-state index < -0.39 is 0 Å². The van der Waals surface area contributed by atoms with Crippen molar-refractivity contribution in [3.05, 3.63) is 65.2 Å². The number of carbonyl (C=O) groups is 2. The van der Waals surface area contributed by atoms with Crippen molar-refractivity contribution in [2.24, 2.45) is 11.8 Å². The molecule has 2 amide bonds. The maximum Gasteiger partial charge on any atom is 0.237 e. The molecule has 2 aromatic carbocycles. The van der Waals surface area contributed by atoms with E-state index in [1.54, 1.807) is 24.3 Å². The number of hydrogen-bond donors (Lipinski definition) is 0. The summed E-state index contributed by atoms with van der Waals surface area (Å²) in [5, 5.41) is 0.442. The lowest BCUT2D eigenvalue weighted by Crippen LogP contribution is -2.31. The molecule has 3 nitrogen and oxygen atoms in total. The number of rotatable bonds is 2. The Labute approximate surface area is 146 Å². The largest absolute Gasteiger partial charge is 0.274 e. The van der Waals surface area contributed by atoms with Gasteiger partial charge in [0.05, 0.1) is 22.5 Å². The van der Waals surface area contributed by atoms with Crippen LogP contribution in [0, 0.1) is 11.8 Å². The standard InChI is InChI=1S/C20H18ClNO2/c21-17-8-4-5-9-18(17)22-19(23)15-11-10-14(12-16(15)20(22)24)13-6-2-1-3-7-13/h1-9,14-16H,10-12H2/t14-,15+,16-/m0/s1. The van der Waals surface area contributed by atoms with E-state index in [2.05, 4.69) is 12.1 Å². The number of amides is 2. The number of carbonyl (C=O) groups excluding carboxylic acids is 2. The summed E-state index contributed by atoms with van der Waals surface area (Å²) in [6, 6.07) is 17.3. The minimum Gasteiger partial charge on any atom is -0.274 e. The minimum absolute atomic E-state index is 0.0930. The molecule has 1 aliphatic heterocycles. The van der Waals surface area contributed by atoms with Crippen LogP contribution in [0.5, 0.6) is 0 Å². The summed E-state index contributed by atoms with van der Waals surface area (Å²) in [7, 11) is 0. The molecule has 2 aromatic rings. The maximum atomic E-state index is 12.9. The summed E-state index contributed by atoms with van der Waals surface area (Å²) in [5.74, 6) is -0.278. The predicted molar refractivity (Wildman–Crippen MR) is 94.0 cm³/mol. The second kappa shape index (κ2) is 6.06. The van der Waals surface area contributed by atoms with Gasteiger partial charge in [0.1, 0.15) is 0 Å². The Morgan fingerprint density at radius 2 is 1.50 bits per heavy atom. The van der Waals surface area contributed by atoms with Crippen LogP contribution in [0.15, 0.2) is 54.6 Å². The molecular formula is C20H18ClNO2. The Morgan fingerprint density at radius 3 is 2.25 bits per heavy atom. The van der Waals surface area contributed by atoms with Gasteiger partial charge in [-0.15, -0.1) is 0 Å². The predicted octanol–water partition coefficient (Wildman–Crippen LogP) is 4.41. The van der Waals surface area contributed by atoms with Gasteiger partial charge in [-0.25, -0.2) is 4.90 Å². The summed E-state index contributed by atoms with van der Waals surface area (Å²) >= 11 is 6.21. The third kappa shape index (κ3) is 2.44. The van der Waals surface area contributed by atoms with E-state index in [9.17, 15) is 9.59 Å². The number of imide groups is 1. The van der Waals surface area contributed by atoms with Crippen LogP contribution in [0.25, 0.3) is 0 Å². The molecule has 0 radical (unpaired) electrons. The second-order valence-electron chi connectivity index (χ2n) is 6.60. The Balaban J connectivity index is 1.63. The molecule has 0 unspecified atom stereocenters. The van der Waals surface area contributed by atoms with Crippen LogP contribution in [0.1, 0.15) is 30.7 Å². The smallest absolute Gasteiger partial charge is 0.237 e. The van der Waals surface area contributed by atoms with Gasteiger partial charge in [0.15, 0.2) is 0 Å². The zero-order valence-corrected chi connectivity index (χ0v) is 13.9. The molecule has 0 spiro atoms. The molecule has 2 aliphatic rings. The molecule has 1 saturated heterocycles. The molecule has 0 N–H and O–H groups in total. The Hall–Kier alpha value is -2.13. The lowest BCUT2D eigenvalue weighted by atomic mass is 9.73. The van der Waals surface area contributed by atoms with E-state index in [4.69, 9.17) is 11.6 Å². The molecule has 1 saturated carbocycles. The normalized spacial score (nSPS) is 26.5. The van der Waals surface area contributed by atoms with Gasteiger partial charge >= 0.3 is 0 Å². The summed E-state index contributed by atoms with van der Waals surface area (Å²) in [6.45, 7) is 0. The zero-order chi connectivity index (χ0) is 16.7. The number of halogens is 1. The van der Waals surface area contributed by atoms with Gasteiger partial charge in [0, 0.05) is 0 Å². The number of benzene rings is 2. The van der Waals surface area contributed by atoms with Crippen molar-refractivity contribution in [1.82, 2.24) is 0 Å². The minimum atomic E-state index is -0.229. The highest BCUT2D eigenvalue weighted by atomic mass is 35.5. The fourth-order valence-electron chi connectivity index (χ4n) is 4.08. The van der Waals surface area contributed by atoms with Crippen LogP contribution in [-0.4, -0.2) is 11.8 Å². The average Bonchev–Trinajstić information content (AvgIpc) is 2.87. The molecule has 1 heterocycles. The summed E-state index contributed by atoms with van der Waals surface area (Å²) in [6.07, 6.45) is 2.44. The van der Waals surface area contributed by atoms with Gasteiger partial charge in [-0.05, 0) is 42.9 Å². The monoisotopic (exact) mass is 339 g/mol. The number of nitrogens with zero attached hydrogens (tertiary/aromatic N) is 1. The van der Waals surface area contributed by atoms with Gasteiger partial charge < -0.3 is 0 Å². The highest BCUT2D eigenvalue weighted by Crippen LogP contribution is 2.46. The van der Waals surface area contributed by atoms with Crippen LogP contribution in [-0.2, 0) is 9.59 Å². The van der Waals surface area contributed by atoms with E-state index in [0.29, 0.717) is 16.6 Å². The average molecular weight is 340 g/mol. The van der Waals surface area contributed by atoms with Gasteiger partial charge in [-0.3, -0.25) is 9.59 Å². The van der Waals surface area contributed by atoms with Crippen molar-refractivity contribution in [1.29, 1.82) is 0 Å². The zero-order valence-electron chi connectivity index (χ0n) is 13.2. The van der Waals surface area contributed by atoms with Gasteiger partial charge in [0.2, 0.25) is 11.8 Å². The second-order valence-corrected chi connectivity index (χ2v) is 7.00. The van der Waals surface area contributed by atoms with Gasteiger partial charge in [-0.2, -0.15) is 0 Å². The van der Waals surface area contributed by atoms with E-state index >= 15 is 0 Å². The van der Waals surface area contributed by atoms with Crippen LogP contribution in [0.3, 0.4) is 0 Å². The van der Waals surface area contributed by atoms with E-state index in [1.165, 1.54) is 10.5 Å². The molecular weight excluding hydrogens is 322 g/mol. The topological polar surface area (TPSA) is 37.4 Å². The SMILES string of the molecule is O=C1[C@H]2C[C@@H](c3ccccc3)CC[C@H]2C(=O)N1c1ccccc1Cl. The van der Waals surface area contributed by atoms with Crippen molar-refractivity contribution in [3.63, 3.8) is 0 Å². The Kier molecular flexibility index (Phi) is 3.89. The van der Waals surface area contributed by atoms with Crippen molar-refractivity contribution >= 4 is 29.1 Å². The number of anilines is 1. The molecule has 1 aliphatic carbocycles. The quantitative estimate of drug-likeness (QED) is 0.760. The van der Waals surface area contributed by atoms with E-state index in [1.807, 2.05) is 18.2 Å². The highest BCUT2D eigenvalue weighted by Gasteiger charge is 2.51. The summed E-state index contributed by atoms with van der Waals surface area (Å²) in [4.78, 5) is 27.0. The molecule has 4 heteroatoms. The van der Waals surface area contributed by atoms with Crippen molar-refractivity contribution in [3.8, 4) is 0 Å². The third-order valence-corrected chi connectivity index (χ3v) is 5.61. The maximum absolute atomic E-state index is 12.9. The molecule has 122 valence electrons. The first-order chi connectivity index (χ1) is 11.7. The first-order valence-electron chi connectivity index (χ1n) is 8.34. The molecule has 3 atom stereocenters. The first-order valence-corrected chi connectivity index (χ1v) is 8.72. The Morgan fingerprint density at radius 1 is 0.833 bits per heavy atom. The van der Waals surface area contributed by atoms with E-state index in [-0.39, 0.29) is 23.7 Å². The number of hydrogen-bond acceptors (Lipinski definition) is 2. The lowest BCUT2D eigenvalue weighted by Gasteiger charge is -2.28. The van der Waals surface area contributed by atoms with Crippen LogP contribution in [0.2, 0.25) is 5.02 Å². The highest BCUT2D eigenvalue weighted by molar-refractivity contribution is 6.36. The molecule has 4 rings (SSSR count). The number of fused-ring (bicyclic) bond motifs is 1.